The van der Waals surface area contributed by atoms with E-state index in [0.29, 0.717) is 0 Å². The minimum atomic E-state index is 1.09. The Morgan fingerprint density at radius 2 is 2.06 bits per heavy atom. The number of H-pyrrole nitrogens is 1. The van der Waals surface area contributed by atoms with Gasteiger partial charge in [-0.05, 0) is 74.5 Å². The molecule has 17 heavy (non-hydrogen) atoms. The van der Waals surface area contributed by atoms with Gasteiger partial charge in [-0.25, -0.2) is 0 Å². The van der Waals surface area contributed by atoms with Crippen molar-refractivity contribution in [3.05, 3.63) is 35.0 Å². The first kappa shape index (κ1) is 10.8. The zero-order valence-corrected chi connectivity index (χ0v) is 10.5. The number of hydrogen-bond donors (Lipinski definition) is 2. The summed E-state index contributed by atoms with van der Waals surface area (Å²) in [7, 11) is 2.02. The molecule has 0 saturated carbocycles. The van der Waals surface area contributed by atoms with E-state index >= 15 is 0 Å². The van der Waals surface area contributed by atoms with Gasteiger partial charge in [-0.3, -0.25) is 0 Å². The van der Waals surface area contributed by atoms with Crippen molar-refractivity contribution in [3.8, 4) is 0 Å². The highest BCUT2D eigenvalue weighted by Gasteiger charge is 2.13. The molecule has 1 aromatic carbocycles. The Morgan fingerprint density at radius 3 is 2.88 bits per heavy atom. The van der Waals surface area contributed by atoms with Gasteiger partial charge in [0.05, 0.1) is 0 Å². The predicted octanol–water partition coefficient (Wildman–Crippen LogP) is 2.81. The molecule has 0 atom stereocenters. The van der Waals surface area contributed by atoms with Crippen LogP contribution in [0.1, 0.15) is 29.5 Å². The van der Waals surface area contributed by atoms with Crippen LogP contribution < -0.4 is 5.32 Å². The third kappa shape index (κ3) is 1.98. The summed E-state index contributed by atoms with van der Waals surface area (Å²) in [5.41, 5.74) is 5.93. The summed E-state index contributed by atoms with van der Waals surface area (Å²) in [4.78, 5) is 3.42. The Kier molecular flexibility index (Phi) is 2.89. The molecule has 2 aromatic rings. The van der Waals surface area contributed by atoms with E-state index in [9.17, 15) is 0 Å². The molecule has 1 aromatic heterocycles. The number of aromatic amines is 1. The molecular formula is C15H20N2. The van der Waals surface area contributed by atoms with Crippen molar-refractivity contribution >= 4 is 10.9 Å². The van der Waals surface area contributed by atoms with Gasteiger partial charge in [-0.1, -0.05) is 0 Å². The second-order valence-electron chi connectivity index (χ2n) is 5.04. The van der Waals surface area contributed by atoms with Crippen LogP contribution in [0.15, 0.2) is 18.3 Å². The van der Waals surface area contributed by atoms with Crippen LogP contribution in [0.2, 0.25) is 0 Å². The van der Waals surface area contributed by atoms with Crippen molar-refractivity contribution in [2.75, 3.05) is 13.6 Å². The van der Waals surface area contributed by atoms with Crippen LogP contribution in [0.25, 0.3) is 10.9 Å². The molecule has 2 nitrogen and oxygen atoms in total. The fourth-order valence-electron chi connectivity index (χ4n) is 2.91. The number of hydrogen-bond acceptors (Lipinski definition) is 1. The minimum Gasteiger partial charge on any atom is -0.361 e. The maximum Gasteiger partial charge on any atom is 0.0459 e. The summed E-state index contributed by atoms with van der Waals surface area (Å²) < 4.78 is 0. The predicted molar refractivity (Wildman–Crippen MR) is 72.6 cm³/mol. The van der Waals surface area contributed by atoms with E-state index in [1.807, 2.05) is 7.05 Å². The van der Waals surface area contributed by atoms with Gasteiger partial charge in [0.2, 0.25) is 0 Å². The maximum atomic E-state index is 3.42. The number of aryl methyl sites for hydroxylation is 3. The number of benzene rings is 1. The molecule has 1 heterocycles. The van der Waals surface area contributed by atoms with E-state index in [1.54, 1.807) is 11.1 Å². The standard InChI is InChI=1S/C15H20N2/c1-16-7-3-6-13-10-17-15-9-12-5-2-4-11(12)8-14(13)15/h8-10,16-17H,2-7H2,1H3. The van der Waals surface area contributed by atoms with Gasteiger partial charge in [-0.15, -0.1) is 0 Å². The first-order valence-electron chi connectivity index (χ1n) is 6.65. The van der Waals surface area contributed by atoms with E-state index in [1.165, 1.54) is 48.6 Å². The van der Waals surface area contributed by atoms with Crippen molar-refractivity contribution in [2.45, 2.75) is 32.1 Å². The van der Waals surface area contributed by atoms with E-state index in [2.05, 4.69) is 28.6 Å². The summed E-state index contributed by atoms with van der Waals surface area (Å²) >= 11 is 0. The molecule has 0 saturated heterocycles. The van der Waals surface area contributed by atoms with Crippen LogP contribution in [0.3, 0.4) is 0 Å². The van der Waals surface area contributed by atoms with Crippen LogP contribution in [0.4, 0.5) is 0 Å². The van der Waals surface area contributed by atoms with Crippen LogP contribution in [0, 0.1) is 0 Å². The third-order valence-corrected chi connectivity index (χ3v) is 3.85. The summed E-state index contributed by atoms with van der Waals surface area (Å²) in [6, 6.07) is 4.78. The zero-order valence-electron chi connectivity index (χ0n) is 10.5. The van der Waals surface area contributed by atoms with Gasteiger partial charge >= 0.3 is 0 Å². The second kappa shape index (κ2) is 4.53. The average Bonchev–Trinajstić information content (AvgIpc) is 2.93. The maximum absolute atomic E-state index is 3.42. The molecule has 0 unspecified atom stereocenters. The van der Waals surface area contributed by atoms with Crippen molar-refractivity contribution in [1.82, 2.24) is 10.3 Å². The first-order chi connectivity index (χ1) is 8.38. The Morgan fingerprint density at radius 1 is 1.24 bits per heavy atom. The average molecular weight is 228 g/mol. The SMILES string of the molecule is CNCCCc1c[nH]c2cc3c(cc12)CCC3. The lowest BCUT2D eigenvalue weighted by Gasteiger charge is -2.02. The van der Waals surface area contributed by atoms with E-state index in [0.717, 1.165) is 6.54 Å². The lowest BCUT2D eigenvalue weighted by atomic mass is 10.0. The number of fused-ring (bicyclic) bond motifs is 2. The molecule has 2 N–H and O–H groups in total. The molecule has 1 aliphatic carbocycles. The summed E-state index contributed by atoms with van der Waals surface area (Å²) in [6.07, 6.45) is 8.43. The lowest BCUT2D eigenvalue weighted by molar-refractivity contribution is 0.727. The van der Waals surface area contributed by atoms with Gasteiger partial charge in [0.1, 0.15) is 0 Å². The molecule has 1 aliphatic rings. The second-order valence-corrected chi connectivity index (χ2v) is 5.04. The van der Waals surface area contributed by atoms with Gasteiger partial charge in [0.25, 0.3) is 0 Å². The van der Waals surface area contributed by atoms with Crippen molar-refractivity contribution in [2.24, 2.45) is 0 Å². The molecule has 0 radical (unpaired) electrons. The molecule has 0 fully saturated rings. The highest BCUT2D eigenvalue weighted by Crippen LogP contribution is 2.29. The normalized spacial score (nSPS) is 14.4. The Balaban J connectivity index is 1.92. The molecule has 0 aliphatic heterocycles. The molecule has 3 rings (SSSR count). The van der Waals surface area contributed by atoms with Gasteiger partial charge < -0.3 is 10.3 Å². The van der Waals surface area contributed by atoms with Crippen molar-refractivity contribution < 1.29 is 0 Å². The monoisotopic (exact) mass is 228 g/mol. The Bertz CT molecular complexity index is 525. The van der Waals surface area contributed by atoms with Gasteiger partial charge in [0, 0.05) is 17.1 Å². The van der Waals surface area contributed by atoms with Crippen LogP contribution in [-0.4, -0.2) is 18.6 Å². The molecule has 90 valence electrons. The minimum absolute atomic E-state index is 1.09. The first-order valence-corrected chi connectivity index (χ1v) is 6.65. The van der Waals surface area contributed by atoms with E-state index in [4.69, 9.17) is 0 Å². The van der Waals surface area contributed by atoms with Crippen LogP contribution in [-0.2, 0) is 19.3 Å². The molecule has 0 amide bonds. The fraction of sp³-hybridized carbons (Fsp3) is 0.467. The molecule has 2 heteroatoms. The molecule has 0 spiro atoms. The Labute approximate surface area is 102 Å². The number of rotatable bonds is 4. The largest absolute Gasteiger partial charge is 0.361 e. The summed E-state index contributed by atoms with van der Waals surface area (Å²) in [6.45, 7) is 1.09. The van der Waals surface area contributed by atoms with Crippen LogP contribution in [0.5, 0.6) is 0 Å². The summed E-state index contributed by atoms with van der Waals surface area (Å²) in [5.74, 6) is 0. The Hall–Kier alpha value is -1.28. The third-order valence-electron chi connectivity index (χ3n) is 3.85. The van der Waals surface area contributed by atoms with Crippen molar-refractivity contribution in [1.29, 1.82) is 0 Å². The number of aromatic nitrogens is 1. The van der Waals surface area contributed by atoms with E-state index in [-0.39, 0.29) is 0 Å². The van der Waals surface area contributed by atoms with Crippen LogP contribution >= 0.6 is 0 Å². The molecule has 0 bridgehead atoms. The highest BCUT2D eigenvalue weighted by molar-refractivity contribution is 5.85. The molecular weight excluding hydrogens is 208 g/mol. The topological polar surface area (TPSA) is 27.8 Å². The van der Waals surface area contributed by atoms with Crippen molar-refractivity contribution in [3.63, 3.8) is 0 Å². The van der Waals surface area contributed by atoms with Gasteiger partial charge in [-0.2, -0.15) is 0 Å². The van der Waals surface area contributed by atoms with E-state index < -0.39 is 0 Å². The lowest BCUT2D eigenvalue weighted by Crippen LogP contribution is -2.08. The summed E-state index contributed by atoms with van der Waals surface area (Å²) in [5, 5.41) is 4.66. The van der Waals surface area contributed by atoms with Gasteiger partial charge in [0.15, 0.2) is 0 Å². The quantitative estimate of drug-likeness (QED) is 0.774. The zero-order chi connectivity index (χ0) is 11.7. The highest BCUT2D eigenvalue weighted by atomic mass is 14.8. The number of nitrogens with one attached hydrogen (secondary N) is 2. The smallest absolute Gasteiger partial charge is 0.0459 e. The fourth-order valence-corrected chi connectivity index (χ4v) is 2.91.